The molecule has 0 amide bonds. The lowest BCUT2D eigenvalue weighted by molar-refractivity contribution is 0.415. The first-order valence-corrected chi connectivity index (χ1v) is 9.38. The second kappa shape index (κ2) is 7.11. The van der Waals surface area contributed by atoms with Crippen molar-refractivity contribution < 1.29 is 4.74 Å². The summed E-state index contributed by atoms with van der Waals surface area (Å²) in [4.78, 5) is 9.70. The SMILES string of the molecule is COc1ccc(-c2csc3ncnc(Nc4cc(Cl)ccc4Cl)c23)cc1. The molecular weight excluding hydrogens is 389 g/mol. The lowest BCUT2D eigenvalue weighted by atomic mass is 10.1. The maximum atomic E-state index is 6.29. The molecule has 0 radical (unpaired) electrons. The normalized spacial score (nSPS) is 10.9. The van der Waals surface area contributed by atoms with Crippen LogP contribution in [0.1, 0.15) is 0 Å². The monoisotopic (exact) mass is 401 g/mol. The molecule has 4 aromatic rings. The van der Waals surface area contributed by atoms with Gasteiger partial charge in [-0.15, -0.1) is 11.3 Å². The van der Waals surface area contributed by atoms with E-state index in [4.69, 9.17) is 27.9 Å². The van der Waals surface area contributed by atoms with Gasteiger partial charge in [0.2, 0.25) is 0 Å². The Kier molecular flexibility index (Phi) is 4.68. The van der Waals surface area contributed by atoms with Crippen LogP contribution in [0.15, 0.2) is 54.2 Å². The molecule has 2 aromatic heterocycles. The number of anilines is 2. The number of nitrogens with one attached hydrogen (secondary N) is 1. The van der Waals surface area contributed by atoms with Crippen LogP contribution in [0.5, 0.6) is 5.75 Å². The third kappa shape index (κ3) is 3.21. The number of ether oxygens (including phenoxy) is 1. The maximum absolute atomic E-state index is 6.29. The van der Waals surface area contributed by atoms with Gasteiger partial charge >= 0.3 is 0 Å². The summed E-state index contributed by atoms with van der Waals surface area (Å²) in [5.74, 6) is 1.50. The van der Waals surface area contributed by atoms with Gasteiger partial charge in [-0.3, -0.25) is 0 Å². The fraction of sp³-hybridized carbons (Fsp3) is 0.0526. The van der Waals surface area contributed by atoms with Crippen molar-refractivity contribution in [2.75, 3.05) is 12.4 Å². The first kappa shape index (κ1) is 17.1. The van der Waals surface area contributed by atoms with E-state index >= 15 is 0 Å². The number of rotatable bonds is 4. The Bertz CT molecular complexity index is 1080. The molecule has 0 aliphatic carbocycles. The molecule has 4 nitrogen and oxygen atoms in total. The van der Waals surface area contributed by atoms with E-state index in [9.17, 15) is 0 Å². The molecule has 0 aliphatic rings. The molecule has 26 heavy (non-hydrogen) atoms. The Balaban J connectivity index is 1.82. The summed E-state index contributed by atoms with van der Waals surface area (Å²) in [7, 11) is 1.65. The topological polar surface area (TPSA) is 47.0 Å². The Morgan fingerprint density at radius 2 is 1.85 bits per heavy atom. The summed E-state index contributed by atoms with van der Waals surface area (Å²) in [6.45, 7) is 0. The van der Waals surface area contributed by atoms with Gasteiger partial charge in [0.05, 0.1) is 23.2 Å². The van der Waals surface area contributed by atoms with Crippen molar-refractivity contribution in [2.24, 2.45) is 0 Å². The largest absolute Gasteiger partial charge is 0.497 e. The summed E-state index contributed by atoms with van der Waals surface area (Å²) in [5, 5.41) is 7.48. The quantitative estimate of drug-likeness (QED) is 0.428. The van der Waals surface area contributed by atoms with Crippen LogP contribution in [0.25, 0.3) is 21.3 Å². The Labute approximate surface area is 164 Å². The molecule has 1 N–H and O–H groups in total. The second-order valence-corrected chi connectivity index (χ2v) is 7.23. The van der Waals surface area contributed by atoms with E-state index in [0.29, 0.717) is 21.6 Å². The zero-order valence-electron chi connectivity index (χ0n) is 13.7. The zero-order chi connectivity index (χ0) is 18.1. The molecule has 0 saturated carbocycles. The van der Waals surface area contributed by atoms with Crippen LogP contribution >= 0.6 is 34.5 Å². The van der Waals surface area contributed by atoms with Gasteiger partial charge in [-0.2, -0.15) is 0 Å². The van der Waals surface area contributed by atoms with Crippen LogP contribution in [0, 0.1) is 0 Å². The molecule has 7 heteroatoms. The van der Waals surface area contributed by atoms with Gasteiger partial charge in [-0.1, -0.05) is 35.3 Å². The molecule has 130 valence electrons. The van der Waals surface area contributed by atoms with E-state index < -0.39 is 0 Å². The van der Waals surface area contributed by atoms with Crippen molar-refractivity contribution >= 4 is 56.3 Å². The highest BCUT2D eigenvalue weighted by Gasteiger charge is 2.14. The number of nitrogens with zero attached hydrogens (tertiary/aromatic N) is 2. The average molecular weight is 402 g/mol. The summed E-state index contributed by atoms with van der Waals surface area (Å²) in [6.07, 6.45) is 1.54. The number of aromatic nitrogens is 2. The van der Waals surface area contributed by atoms with Crippen LogP contribution in [0.3, 0.4) is 0 Å². The maximum Gasteiger partial charge on any atom is 0.143 e. The van der Waals surface area contributed by atoms with Crippen LogP contribution in [-0.4, -0.2) is 17.1 Å². The van der Waals surface area contributed by atoms with Crippen molar-refractivity contribution in [3.05, 3.63) is 64.2 Å². The molecule has 2 aromatic carbocycles. The molecule has 0 aliphatic heterocycles. The van der Waals surface area contributed by atoms with Crippen molar-refractivity contribution in [1.29, 1.82) is 0 Å². The minimum Gasteiger partial charge on any atom is -0.497 e. The first-order chi connectivity index (χ1) is 12.7. The molecule has 0 bridgehead atoms. The zero-order valence-corrected chi connectivity index (χ0v) is 16.0. The standard InChI is InChI=1S/C19H13Cl2N3OS/c1-25-13-5-2-11(3-6-13)14-9-26-19-17(14)18(22-10-23-19)24-16-8-12(20)4-7-15(16)21/h2-10H,1H3,(H,22,23,24). The van der Waals surface area contributed by atoms with Gasteiger partial charge in [-0.05, 0) is 35.9 Å². The van der Waals surface area contributed by atoms with E-state index in [1.807, 2.05) is 24.3 Å². The highest BCUT2D eigenvalue weighted by molar-refractivity contribution is 7.17. The lowest BCUT2D eigenvalue weighted by Crippen LogP contribution is -1.96. The molecule has 4 rings (SSSR count). The third-order valence-electron chi connectivity index (χ3n) is 3.95. The smallest absolute Gasteiger partial charge is 0.143 e. The lowest BCUT2D eigenvalue weighted by Gasteiger charge is -2.10. The fourth-order valence-corrected chi connectivity index (χ4v) is 3.93. The predicted molar refractivity (Wildman–Crippen MR) is 109 cm³/mol. The second-order valence-electron chi connectivity index (χ2n) is 5.53. The molecule has 0 atom stereocenters. The number of fused-ring (bicyclic) bond motifs is 1. The Morgan fingerprint density at radius 3 is 2.62 bits per heavy atom. The summed E-state index contributed by atoms with van der Waals surface area (Å²) in [5.41, 5.74) is 2.81. The van der Waals surface area contributed by atoms with E-state index in [2.05, 4.69) is 20.7 Å². The minimum absolute atomic E-state index is 0.572. The molecule has 2 heterocycles. The number of methoxy groups -OCH3 is 1. The molecule has 0 fully saturated rings. The van der Waals surface area contributed by atoms with Crippen LogP contribution < -0.4 is 10.1 Å². The van der Waals surface area contributed by atoms with E-state index in [-0.39, 0.29) is 0 Å². The van der Waals surface area contributed by atoms with Gasteiger partial charge in [0, 0.05) is 16.0 Å². The number of halogens is 2. The Hall–Kier alpha value is -2.34. The van der Waals surface area contributed by atoms with E-state index in [1.54, 1.807) is 36.6 Å². The molecular formula is C19H13Cl2N3OS. The molecule has 0 unspecified atom stereocenters. The summed E-state index contributed by atoms with van der Waals surface area (Å²) in [6, 6.07) is 13.2. The van der Waals surface area contributed by atoms with Crippen molar-refractivity contribution in [3.63, 3.8) is 0 Å². The van der Waals surface area contributed by atoms with Gasteiger partial charge in [-0.25, -0.2) is 9.97 Å². The fourth-order valence-electron chi connectivity index (χ4n) is 2.67. The van der Waals surface area contributed by atoms with Gasteiger partial charge in [0.25, 0.3) is 0 Å². The number of benzene rings is 2. The number of hydrogen-bond acceptors (Lipinski definition) is 5. The van der Waals surface area contributed by atoms with Gasteiger partial charge in [0.1, 0.15) is 22.7 Å². The third-order valence-corrected chi connectivity index (χ3v) is 5.40. The number of thiophene rings is 1. The van der Waals surface area contributed by atoms with Crippen LogP contribution in [0.2, 0.25) is 10.0 Å². The first-order valence-electron chi connectivity index (χ1n) is 7.74. The van der Waals surface area contributed by atoms with Gasteiger partial charge < -0.3 is 10.1 Å². The summed E-state index contributed by atoms with van der Waals surface area (Å²) < 4.78 is 5.24. The predicted octanol–water partition coefficient (Wildman–Crippen LogP) is 6.42. The Morgan fingerprint density at radius 1 is 1.04 bits per heavy atom. The van der Waals surface area contributed by atoms with Gasteiger partial charge in [0.15, 0.2) is 0 Å². The highest BCUT2D eigenvalue weighted by Crippen LogP contribution is 2.39. The number of hydrogen-bond donors (Lipinski definition) is 1. The van der Waals surface area contributed by atoms with Crippen molar-refractivity contribution in [2.45, 2.75) is 0 Å². The van der Waals surface area contributed by atoms with Crippen molar-refractivity contribution in [3.8, 4) is 16.9 Å². The molecule has 0 spiro atoms. The van der Waals surface area contributed by atoms with Crippen molar-refractivity contribution in [1.82, 2.24) is 9.97 Å². The average Bonchev–Trinajstić information content (AvgIpc) is 3.10. The van der Waals surface area contributed by atoms with E-state index in [1.165, 1.54) is 6.33 Å². The van der Waals surface area contributed by atoms with E-state index in [0.717, 1.165) is 27.1 Å². The highest BCUT2D eigenvalue weighted by atomic mass is 35.5. The van der Waals surface area contributed by atoms with Crippen LogP contribution in [0.4, 0.5) is 11.5 Å². The minimum atomic E-state index is 0.572. The molecule has 0 saturated heterocycles. The van der Waals surface area contributed by atoms with Crippen LogP contribution in [-0.2, 0) is 0 Å². The summed E-state index contributed by atoms with van der Waals surface area (Å²) >= 11 is 13.9.